The smallest absolute Gasteiger partial charge is 0.287 e. The van der Waals surface area contributed by atoms with E-state index in [1.165, 1.54) is 24.5 Å². The summed E-state index contributed by atoms with van der Waals surface area (Å²) in [5.41, 5.74) is 5.96. The zero-order valence-electron chi connectivity index (χ0n) is 13.3. The van der Waals surface area contributed by atoms with Crippen molar-refractivity contribution in [3.8, 4) is 0 Å². The Hall–Kier alpha value is -1.83. The predicted molar refractivity (Wildman–Crippen MR) is 93.9 cm³/mol. The maximum absolute atomic E-state index is 12.4. The average Bonchev–Trinajstić information content (AvgIpc) is 2.95. The summed E-state index contributed by atoms with van der Waals surface area (Å²) in [4.78, 5) is 12.3. The lowest BCUT2D eigenvalue weighted by Gasteiger charge is -2.08. The van der Waals surface area contributed by atoms with E-state index in [0.717, 1.165) is 0 Å². The van der Waals surface area contributed by atoms with Gasteiger partial charge in [0.1, 0.15) is 0 Å². The molecule has 0 saturated carbocycles. The van der Waals surface area contributed by atoms with Crippen molar-refractivity contribution in [3.63, 3.8) is 0 Å². The van der Waals surface area contributed by atoms with E-state index >= 15 is 0 Å². The van der Waals surface area contributed by atoms with Crippen LogP contribution in [0.15, 0.2) is 52.0 Å². The Bertz CT molecular complexity index is 757. The van der Waals surface area contributed by atoms with Crippen molar-refractivity contribution in [2.24, 2.45) is 5.73 Å². The number of hydrogen-bond donors (Lipinski definition) is 2. The third-order valence-electron chi connectivity index (χ3n) is 3.29. The van der Waals surface area contributed by atoms with Crippen LogP contribution in [0, 0.1) is 0 Å². The molecule has 2 aromatic rings. The summed E-state index contributed by atoms with van der Waals surface area (Å²) in [5.74, 6) is -0.702. The number of nitrogens with two attached hydrogens (primary N) is 1. The molecule has 2 rings (SSSR count). The Kier molecular flexibility index (Phi) is 7.47. The number of halogens is 1. The maximum Gasteiger partial charge on any atom is 0.287 e. The fraction of sp³-hybridized carbons (Fsp3) is 0.312. The Labute approximate surface area is 147 Å². The first kappa shape index (κ1) is 20.2. The Morgan fingerprint density at radius 1 is 1.25 bits per heavy atom. The number of hydrogen-bond acceptors (Lipinski definition) is 5. The topological polar surface area (TPSA) is 102 Å². The fourth-order valence-corrected chi connectivity index (χ4v) is 3.43. The van der Waals surface area contributed by atoms with Crippen molar-refractivity contribution in [1.82, 2.24) is 5.32 Å². The first-order valence-corrected chi connectivity index (χ1v) is 8.93. The van der Waals surface area contributed by atoms with Gasteiger partial charge in [-0.1, -0.05) is 18.2 Å². The van der Waals surface area contributed by atoms with Gasteiger partial charge in [-0.05, 0) is 31.5 Å². The number of furan rings is 1. The molecule has 0 aliphatic heterocycles. The minimum Gasteiger partial charge on any atom is -0.459 e. The van der Waals surface area contributed by atoms with Gasteiger partial charge in [-0.3, -0.25) is 4.79 Å². The highest BCUT2D eigenvalue weighted by Crippen LogP contribution is 2.19. The molecule has 0 spiro atoms. The number of nitrogens with one attached hydrogen (secondary N) is 1. The standard InChI is InChI=1S/C16H20N2O4S.ClH/c1-12(17)7-9-18-16(19)15-13(8-10-22-15)11-23(20,21)14-5-3-2-4-6-14;/h2-6,8,10,12H,7,9,11,17H2,1H3,(H,18,19);1H. The summed E-state index contributed by atoms with van der Waals surface area (Å²) in [7, 11) is -3.53. The molecular formula is C16H21ClN2O4S. The lowest BCUT2D eigenvalue weighted by Crippen LogP contribution is -2.29. The molecule has 132 valence electrons. The summed E-state index contributed by atoms with van der Waals surface area (Å²) in [5, 5.41) is 2.67. The zero-order valence-corrected chi connectivity index (χ0v) is 14.9. The van der Waals surface area contributed by atoms with E-state index in [4.69, 9.17) is 10.2 Å². The van der Waals surface area contributed by atoms with Gasteiger partial charge in [0.05, 0.1) is 16.9 Å². The fourth-order valence-electron chi connectivity index (χ4n) is 2.06. The largest absolute Gasteiger partial charge is 0.459 e. The third-order valence-corrected chi connectivity index (χ3v) is 4.97. The van der Waals surface area contributed by atoms with Crippen LogP contribution in [0.3, 0.4) is 0 Å². The van der Waals surface area contributed by atoms with Crippen LogP contribution in [0.2, 0.25) is 0 Å². The number of carbonyl (C=O) groups excluding carboxylic acids is 1. The molecule has 1 heterocycles. The second-order valence-electron chi connectivity index (χ2n) is 5.37. The number of amides is 1. The zero-order chi connectivity index (χ0) is 16.9. The molecule has 0 bridgehead atoms. The molecule has 3 N–H and O–H groups in total. The highest BCUT2D eigenvalue weighted by atomic mass is 35.5. The predicted octanol–water partition coefficient (Wildman–Crippen LogP) is 2.14. The molecular weight excluding hydrogens is 352 g/mol. The maximum atomic E-state index is 12.4. The molecule has 1 atom stereocenters. The molecule has 1 amide bonds. The SMILES string of the molecule is CC(N)CCNC(=O)c1occc1CS(=O)(=O)c1ccccc1.Cl. The number of rotatable bonds is 7. The normalized spacial score (nSPS) is 12.2. The first-order valence-electron chi connectivity index (χ1n) is 7.28. The minimum absolute atomic E-state index is 0. The van der Waals surface area contributed by atoms with E-state index in [-0.39, 0.29) is 34.9 Å². The molecule has 1 aromatic heterocycles. The van der Waals surface area contributed by atoms with Gasteiger partial charge >= 0.3 is 0 Å². The Balaban J connectivity index is 0.00000288. The van der Waals surface area contributed by atoms with Crippen molar-refractivity contribution in [2.45, 2.75) is 30.0 Å². The van der Waals surface area contributed by atoms with Gasteiger partial charge in [0.2, 0.25) is 0 Å². The number of sulfone groups is 1. The minimum atomic E-state index is -3.53. The molecule has 6 nitrogen and oxygen atoms in total. The average molecular weight is 373 g/mol. The molecule has 1 aromatic carbocycles. The van der Waals surface area contributed by atoms with E-state index in [9.17, 15) is 13.2 Å². The van der Waals surface area contributed by atoms with Gasteiger partial charge in [-0.25, -0.2) is 8.42 Å². The number of benzene rings is 1. The van der Waals surface area contributed by atoms with Crippen LogP contribution in [-0.2, 0) is 15.6 Å². The summed E-state index contributed by atoms with van der Waals surface area (Å²) in [6, 6.07) is 9.59. The van der Waals surface area contributed by atoms with E-state index in [1.54, 1.807) is 18.2 Å². The van der Waals surface area contributed by atoms with Crippen molar-refractivity contribution in [3.05, 3.63) is 54.0 Å². The van der Waals surface area contributed by atoms with E-state index < -0.39 is 15.7 Å². The van der Waals surface area contributed by atoms with Gasteiger partial charge in [-0.15, -0.1) is 12.4 Å². The van der Waals surface area contributed by atoms with Gasteiger partial charge in [0, 0.05) is 18.2 Å². The van der Waals surface area contributed by atoms with Crippen LogP contribution >= 0.6 is 12.4 Å². The van der Waals surface area contributed by atoms with E-state index in [2.05, 4.69) is 5.32 Å². The van der Waals surface area contributed by atoms with Crippen LogP contribution in [-0.4, -0.2) is 26.9 Å². The second kappa shape index (κ2) is 8.86. The summed E-state index contributed by atoms with van der Waals surface area (Å²) < 4.78 is 29.9. The molecule has 0 aliphatic carbocycles. The molecule has 24 heavy (non-hydrogen) atoms. The van der Waals surface area contributed by atoms with Gasteiger partial charge < -0.3 is 15.5 Å². The quantitative estimate of drug-likeness (QED) is 0.775. The van der Waals surface area contributed by atoms with Gasteiger partial charge in [0.25, 0.3) is 5.91 Å². The van der Waals surface area contributed by atoms with Crippen LogP contribution < -0.4 is 11.1 Å². The Morgan fingerprint density at radius 2 is 1.92 bits per heavy atom. The Morgan fingerprint density at radius 3 is 2.54 bits per heavy atom. The molecule has 0 aliphatic rings. The second-order valence-corrected chi connectivity index (χ2v) is 7.36. The molecule has 0 saturated heterocycles. The summed E-state index contributed by atoms with van der Waals surface area (Å²) in [6.45, 7) is 2.25. The van der Waals surface area contributed by atoms with Crippen molar-refractivity contribution in [1.29, 1.82) is 0 Å². The van der Waals surface area contributed by atoms with E-state index in [1.807, 2.05) is 6.92 Å². The van der Waals surface area contributed by atoms with Crippen LogP contribution in [0.25, 0.3) is 0 Å². The highest BCUT2D eigenvalue weighted by Gasteiger charge is 2.22. The van der Waals surface area contributed by atoms with Crippen molar-refractivity contribution in [2.75, 3.05) is 6.54 Å². The first-order chi connectivity index (χ1) is 10.9. The van der Waals surface area contributed by atoms with E-state index in [0.29, 0.717) is 18.5 Å². The molecule has 1 unspecified atom stereocenters. The van der Waals surface area contributed by atoms with Crippen LogP contribution in [0.1, 0.15) is 29.5 Å². The van der Waals surface area contributed by atoms with Crippen molar-refractivity contribution >= 4 is 28.2 Å². The van der Waals surface area contributed by atoms with Crippen LogP contribution in [0.5, 0.6) is 0 Å². The lowest BCUT2D eigenvalue weighted by atomic mass is 10.2. The van der Waals surface area contributed by atoms with Gasteiger partial charge in [-0.2, -0.15) is 0 Å². The molecule has 0 fully saturated rings. The lowest BCUT2D eigenvalue weighted by molar-refractivity contribution is 0.0924. The molecule has 0 radical (unpaired) electrons. The van der Waals surface area contributed by atoms with Crippen molar-refractivity contribution < 1.29 is 17.6 Å². The summed E-state index contributed by atoms with van der Waals surface area (Å²) >= 11 is 0. The highest BCUT2D eigenvalue weighted by molar-refractivity contribution is 7.90. The molecule has 8 heteroatoms. The number of carbonyl (C=O) groups is 1. The monoisotopic (exact) mass is 372 g/mol. The third kappa shape index (κ3) is 5.36. The van der Waals surface area contributed by atoms with Crippen LogP contribution in [0.4, 0.5) is 0 Å². The van der Waals surface area contributed by atoms with Gasteiger partial charge in [0.15, 0.2) is 15.6 Å². The summed E-state index contributed by atoms with van der Waals surface area (Å²) in [6.07, 6.45) is 1.94.